The Morgan fingerprint density at radius 3 is 2.03 bits per heavy atom. The number of amidine groups is 1. The maximum atomic E-state index is 13.4. The van der Waals surface area contributed by atoms with Gasteiger partial charge in [-0.3, -0.25) is 14.7 Å². The molecule has 1 amide bonds. The highest BCUT2D eigenvalue weighted by atomic mass is 32.2. The first kappa shape index (κ1) is 24.2. The van der Waals surface area contributed by atoms with Gasteiger partial charge in [0, 0.05) is 24.4 Å². The van der Waals surface area contributed by atoms with Crippen LogP contribution in [0.15, 0.2) is 23.2 Å². The molecule has 0 radical (unpaired) electrons. The highest BCUT2D eigenvalue weighted by Gasteiger charge is 2.46. The van der Waals surface area contributed by atoms with E-state index >= 15 is 0 Å². The zero-order valence-electron chi connectivity index (χ0n) is 18.0. The molecule has 1 aliphatic heterocycles. The van der Waals surface area contributed by atoms with E-state index in [9.17, 15) is 31.1 Å². The van der Waals surface area contributed by atoms with E-state index < -0.39 is 41.2 Å². The van der Waals surface area contributed by atoms with E-state index in [-0.39, 0.29) is 18.2 Å². The van der Waals surface area contributed by atoms with Crippen LogP contribution in [0.2, 0.25) is 0 Å². The number of carbonyl (C=O) groups excluding carboxylic acids is 1. The molecule has 2 saturated carbocycles. The highest BCUT2D eigenvalue weighted by Crippen LogP contribution is 2.43. The summed E-state index contributed by atoms with van der Waals surface area (Å²) in [6.45, 7) is 1.17. The number of hydrogen-bond donors (Lipinski definition) is 0. The lowest BCUT2D eigenvalue weighted by Crippen LogP contribution is -2.51. The Hall–Kier alpha value is -1.91. The first-order valence-corrected chi connectivity index (χ1v) is 12.0. The summed E-state index contributed by atoms with van der Waals surface area (Å²) in [6, 6.07) is 1.59. The predicted molar refractivity (Wildman–Crippen MR) is 115 cm³/mol. The minimum atomic E-state index is -4.98. The maximum absolute atomic E-state index is 13.4. The number of carbonyl (C=O) groups is 1. The Labute approximate surface area is 192 Å². The summed E-state index contributed by atoms with van der Waals surface area (Å²) in [6.07, 6.45) is -3.68. The summed E-state index contributed by atoms with van der Waals surface area (Å²) in [4.78, 5) is 20.5. The van der Waals surface area contributed by atoms with Crippen LogP contribution in [0.3, 0.4) is 0 Å². The Bertz CT molecular complexity index is 889. The molecule has 33 heavy (non-hydrogen) atoms. The van der Waals surface area contributed by atoms with Crippen molar-refractivity contribution in [2.24, 2.45) is 4.99 Å². The Kier molecular flexibility index (Phi) is 6.63. The van der Waals surface area contributed by atoms with Crippen molar-refractivity contribution >= 4 is 28.5 Å². The van der Waals surface area contributed by atoms with E-state index in [0.29, 0.717) is 17.9 Å². The quantitative estimate of drug-likeness (QED) is 0.462. The van der Waals surface area contributed by atoms with Gasteiger partial charge in [0.2, 0.25) is 5.91 Å². The third-order valence-corrected chi connectivity index (χ3v) is 7.24. The molecule has 4 nitrogen and oxygen atoms in total. The molecule has 1 heterocycles. The van der Waals surface area contributed by atoms with Crippen LogP contribution in [0.5, 0.6) is 0 Å². The van der Waals surface area contributed by atoms with Crippen LogP contribution in [0.4, 0.5) is 32.0 Å². The molecule has 0 N–H and O–H groups in total. The van der Waals surface area contributed by atoms with Crippen molar-refractivity contribution < 1.29 is 31.1 Å². The van der Waals surface area contributed by atoms with Crippen molar-refractivity contribution in [3.8, 4) is 0 Å². The molecule has 3 aliphatic rings. The minimum Gasteiger partial charge on any atom is -0.327 e. The number of rotatable bonds is 4. The molecule has 0 bridgehead atoms. The third kappa shape index (κ3) is 5.44. The molecular formula is C22H25F6N3OS. The summed E-state index contributed by atoms with van der Waals surface area (Å²) in [5.74, 6) is -0.281. The summed E-state index contributed by atoms with van der Waals surface area (Å²) < 4.78 is 80.5. The van der Waals surface area contributed by atoms with Crippen molar-refractivity contribution in [1.29, 1.82) is 0 Å². The first-order valence-electron chi connectivity index (χ1n) is 11.0. The number of benzene rings is 1. The summed E-state index contributed by atoms with van der Waals surface area (Å²) in [5, 5.41) is 0.740. The fourth-order valence-electron chi connectivity index (χ4n) is 4.49. The van der Waals surface area contributed by atoms with Gasteiger partial charge in [0.05, 0.1) is 17.2 Å². The molecule has 1 aromatic rings. The van der Waals surface area contributed by atoms with Gasteiger partial charge < -0.3 is 4.90 Å². The van der Waals surface area contributed by atoms with Gasteiger partial charge in [-0.05, 0) is 43.9 Å². The second-order valence-electron chi connectivity index (χ2n) is 8.79. The second-order valence-corrected chi connectivity index (χ2v) is 9.77. The van der Waals surface area contributed by atoms with Crippen LogP contribution in [0, 0.1) is 0 Å². The van der Waals surface area contributed by atoms with Gasteiger partial charge in [-0.2, -0.15) is 26.3 Å². The Morgan fingerprint density at radius 2 is 1.55 bits per heavy atom. The van der Waals surface area contributed by atoms with Gasteiger partial charge in [-0.1, -0.05) is 31.0 Å². The lowest BCUT2D eigenvalue weighted by molar-refractivity contribution is -0.143. The number of halogens is 6. The van der Waals surface area contributed by atoms with E-state index in [0.717, 1.165) is 48.6 Å². The largest absolute Gasteiger partial charge is 0.416 e. The molecule has 1 atom stereocenters. The van der Waals surface area contributed by atoms with Gasteiger partial charge in [-0.15, -0.1) is 0 Å². The fraction of sp³-hybridized carbons (Fsp3) is 0.636. The number of alkyl halides is 6. The number of thioether (sulfide) groups is 1. The van der Waals surface area contributed by atoms with Gasteiger partial charge in [-0.25, -0.2) is 0 Å². The molecule has 11 heteroatoms. The topological polar surface area (TPSA) is 35.9 Å². The molecule has 1 aromatic carbocycles. The fourth-order valence-corrected chi connectivity index (χ4v) is 5.75. The van der Waals surface area contributed by atoms with Crippen molar-refractivity contribution in [3.63, 3.8) is 0 Å². The van der Waals surface area contributed by atoms with Crippen molar-refractivity contribution in [1.82, 2.24) is 4.90 Å². The van der Waals surface area contributed by atoms with Crippen LogP contribution < -0.4 is 4.90 Å². The predicted octanol–water partition coefficient (Wildman–Crippen LogP) is 6.30. The molecule has 0 aromatic heterocycles. The van der Waals surface area contributed by atoms with Gasteiger partial charge >= 0.3 is 12.4 Å². The van der Waals surface area contributed by atoms with E-state index in [2.05, 4.69) is 0 Å². The average molecular weight is 494 g/mol. The first-order chi connectivity index (χ1) is 15.4. The van der Waals surface area contributed by atoms with E-state index in [4.69, 9.17) is 4.99 Å². The number of amides is 1. The third-order valence-electron chi connectivity index (χ3n) is 6.20. The molecule has 1 unspecified atom stereocenters. The van der Waals surface area contributed by atoms with Crippen LogP contribution in [-0.4, -0.2) is 40.0 Å². The Balaban J connectivity index is 1.73. The van der Waals surface area contributed by atoms with Crippen LogP contribution in [0.1, 0.15) is 63.0 Å². The highest BCUT2D eigenvalue weighted by molar-refractivity contribution is 8.14. The van der Waals surface area contributed by atoms with E-state index in [1.807, 2.05) is 4.90 Å². The van der Waals surface area contributed by atoms with Crippen LogP contribution in [-0.2, 0) is 17.1 Å². The molecule has 182 valence electrons. The summed E-state index contributed by atoms with van der Waals surface area (Å²) in [5.41, 5.74) is -3.27. The normalized spacial score (nSPS) is 23.9. The number of hydrogen-bond acceptors (Lipinski definition) is 3. The van der Waals surface area contributed by atoms with Crippen molar-refractivity contribution in [2.45, 2.75) is 82.5 Å². The molecule has 1 saturated heterocycles. The monoisotopic (exact) mass is 493 g/mol. The van der Waals surface area contributed by atoms with E-state index in [1.165, 1.54) is 25.1 Å². The lowest BCUT2D eigenvalue weighted by Gasteiger charge is -2.36. The summed E-state index contributed by atoms with van der Waals surface area (Å²) in [7, 11) is 0. The van der Waals surface area contributed by atoms with Gasteiger partial charge in [0.1, 0.15) is 6.17 Å². The van der Waals surface area contributed by atoms with Crippen LogP contribution >= 0.6 is 11.8 Å². The summed E-state index contributed by atoms with van der Waals surface area (Å²) >= 11 is 1.42. The number of anilines is 1. The van der Waals surface area contributed by atoms with Crippen LogP contribution in [0.25, 0.3) is 0 Å². The SMILES string of the molecule is CC(=O)N(c1cc(C(F)(F)F)cc(C(F)(F)F)c1)C1CSC(=NC2CCCCC2)N1C1CC1. The standard InChI is InChI=1S/C22H25F6N3OS/c1-13(32)30(18-10-14(21(23,24)25)9-15(11-18)22(26,27)28)19-12-33-20(31(19)17-7-8-17)29-16-5-3-2-4-6-16/h9-11,16-17,19H,2-8,12H2,1H3. The number of aliphatic imine (C=N–C) groups is 1. The minimum absolute atomic E-state index is 0.0832. The zero-order chi connectivity index (χ0) is 24.0. The molecule has 4 rings (SSSR count). The van der Waals surface area contributed by atoms with Crippen molar-refractivity contribution in [3.05, 3.63) is 29.3 Å². The smallest absolute Gasteiger partial charge is 0.327 e. The molecule has 2 aliphatic carbocycles. The molecule has 0 spiro atoms. The lowest BCUT2D eigenvalue weighted by atomic mass is 9.96. The number of nitrogens with zero attached hydrogens (tertiary/aromatic N) is 3. The van der Waals surface area contributed by atoms with Gasteiger partial charge in [0.25, 0.3) is 0 Å². The molecule has 3 fully saturated rings. The van der Waals surface area contributed by atoms with Crippen molar-refractivity contribution in [2.75, 3.05) is 10.7 Å². The van der Waals surface area contributed by atoms with E-state index in [1.54, 1.807) is 0 Å². The maximum Gasteiger partial charge on any atom is 0.416 e. The second kappa shape index (κ2) is 9.03. The zero-order valence-corrected chi connectivity index (χ0v) is 18.9. The van der Waals surface area contributed by atoms with Gasteiger partial charge in [0.15, 0.2) is 5.17 Å². The Morgan fingerprint density at radius 1 is 0.970 bits per heavy atom. The molecular weight excluding hydrogens is 468 g/mol. The average Bonchev–Trinajstić information content (AvgIpc) is 3.49.